The van der Waals surface area contributed by atoms with Crippen LogP contribution in [0, 0.1) is 6.92 Å². The summed E-state index contributed by atoms with van der Waals surface area (Å²) in [5, 5.41) is 12.5. The summed E-state index contributed by atoms with van der Waals surface area (Å²) < 4.78 is 0. The van der Waals surface area contributed by atoms with E-state index in [9.17, 15) is 0 Å². The minimum absolute atomic E-state index is 0.164. The molecule has 132 valence electrons. The van der Waals surface area contributed by atoms with Crippen molar-refractivity contribution in [3.63, 3.8) is 0 Å². The van der Waals surface area contributed by atoms with Crippen LogP contribution in [0.5, 0.6) is 0 Å². The van der Waals surface area contributed by atoms with E-state index in [0.717, 1.165) is 17.3 Å². The number of hydrogen-bond acceptors (Lipinski definition) is 4. The molecule has 0 fully saturated rings. The molecule has 4 aromatic rings. The maximum Gasteiger partial charge on any atom is 0.206 e. The first-order chi connectivity index (χ1) is 13.3. The predicted octanol–water partition coefficient (Wildman–Crippen LogP) is 5.96. The average Bonchev–Trinajstić information content (AvgIpc) is 3.38. The summed E-state index contributed by atoms with van der Waals surface area (Å²) in [5.74, 6) is 0. The molecule has 0 amide bonds. The van der Waals surface area contributed by atoms with Crippen LogP contribution in [-0.4, -0.2) is 10.7 Å². The van der Waals surface area contributed by atoms with Gasteiger partial charge in [0.15, 0.2) is 0 Å². The molecule has 2 heterocycles. The molecule has 3 aromatic carbocycles. The number of rotatable bonds is 3. The molecule has 5 rings (SSSR count). The first kappa shape index (κ1) is 16.2. The fraction of sp³-hybridized carbons (Fsp3) is 0.130. The number of aryl methyl sites for hydroxylation is 1. The molecular weight excluding hydrogens is 350 g/mol. The Bertz CT molecular complexity index is 1110. The smallest absolute Gasteiger partial charge is 0.206 e. The molecule has 0 saturated heterocycles. The molecule has 1 atom stereocenters. The maximum atomic E-state index is 4.97. The summed E-state index contributed by atoms with van der Waals surface area (Å²) in [6.07, 6.45) is 2.72. The largest absolute Gasteiger partial charge is 0.231 e. The molecule has 0 radical (unpaired) electrons. The van der Waals surface area contributed by atoms with Crippen molar-refractivity contribution < 1.29 is 0 Å². The van der Waals surface area contributed by atoms with Gasteiger partial charge < -0.3 is 0 Å². The molecular formula is C23H19N3S. The van der Waals surface area contributed by atoms with Gasteiger partial charge in [0.1, 0.15) is 0 Å². The lowest BCUT2D eigenvalue weighted by Crippen LogP contribution is -2.18. The summed E-state index contributed by atoms with van der Waals surface area (Å²) in [6, 6.07) is 24.0. The van der Waals surface area contributed by atoms with E-state index < -0.39 is 0 Å². The van der Waals surface area contributed by atoms with Gasteiger partial charge in [-0.15, -0.1) is 11.3 Å². The minimum atomic E-state index is 0.164. The van der Waals surface area contributed by atoms with E-state index in [2.05, 4.69) is 83.6 Å². The highest BCUT2D eigenvalue weighted by atomic mass is 32.1. The van der Waals surface area contributed by atoms with Gasteiger partial charge in [0.25, 0.3) is 0 Å². The van der Waals surface area contributed by atoms with Crippen LogP contribution >= 0.6 is 11.3 Å². The van der Waals surface area contributed by atoms with Crippen LogP contribution in [0.25, 0.3) is 10.8 Å². The van der Waals surface area contributed by atoms with Gasteiger partial charge in [-0.3, -0.25) is 0 Å². The molecule has 0 spiro atoms. The lowest BCUT2D eigenvalue weighted by molar-refractivity contribution is 0.707. The summed E-state index contributed by atoms with van der Waals surface area (Å²) in [7, 11) is 0. The Labute approximate surface area is 162 Å². The number of benzene rings is 3. The third-order valence-corrected chi connectivity index (χ3v) is 5.83. The van der Waals surface area contributed by atoms with Crippen LogP contribution in [-0.2, 0) is 0 Å². The Balaban J connectivity index is 1.57. The van der Waals surface area contributed by atoms with Gasteiger partial charge in [-0.1, -0.05) is 66.2 Å². The van der Waals surface area contributed by atoms with Gasteiger partial charge in [-0.2, -0.15) is 5.10 Å². The van der Waals surface area contributed by atoms with Crippen LogP contribution in [0.15, 0.2) is 83.4 Å². The van der Waals surface area contributed by atoms with Crippen molar-refractivity contribution in [3.8, 4) is 0 Å². The number of nitrogens with zero attached hydrogens (tertiary/aromatic N) is 3. The summed E-state index contributed by atoms with van der Waals surface area (Å²) in [6.45, 7) is 2.11. The van der Waals surface area contributed by atoms with Crippen molar-refractivity contribution in [3.05, 3.63) is 95.0 Å². The standard InChI is InChI=1S/C23H19N3S/c1-16-6-8-18(9-7-16)21-15-22(26(25-21)23-24-12-13-27-23)20-11-10-17-4-2-3-5-19(17)14-20/h2-14,22H,15H2,1H3. The zero-order chi connectivity index (χ0) is 18.2. The van der Waals surface area contributed by atoms with Crippen LogP contribution in [0.4, 0.5) is 5.13 Å². The highest BCUT2D eigenvalue weighted by Crippen LogP contribution is 2.38. The number of fused-ring (bicyclic) bond motifs is 1. The van der Waals surface area contributed by atoms with Gasteiger partial charge in [-0.25, -0.2) is 9.99 Å². The van der Waals surface area contributed by atoms with E-state index in [1.165, 1.54) is 27.5 Å². The van der Waals surface area contributed by atoms with E-state index in [-0.39, 0.29) is 6.04 Å². The van der Waals surface area contributed by atoms with Crippen LogP contribution in [0.2, 0.25) is 0 Å². The Morgan fingerprint density at radius 3 is 2.56 bits per heavy atom. The normalized spacial score (nSPS) is 16.7. The second kappa shape index (κ2) is 6.63. The molecule has 0 aliphatic carbocycles. The van der Waals surface area contributed by atoms with Crippen molar-refractivity contribution in [1.82, 2.24) is 4.98 Å². The van der Waals surface area contributed by atoms with E-state index in [1.807, 2.05) is 11.6 Å². The zero-order valence-corrected chi connectivity index (χ0v) is 15.9. The molecule has 0 bridgehead atoms. The second-order valence-electron chi connectivity index (χ2n) is 6.90. The van der Waals surface area contributed by atoms with Crippen LogP contribution in [0.1, 0.15) is 29.2 Å². The van der Waals surface area contributed by atoms with Crippen molar-refractivity contribution in [2.45, 2.75) is 19.4 Å². The molecule has 1 aliphatic heterocycles. The average molecular weight is 369 g/mol. The van der Waals surface area contributed by atoms with E-state index >= 15 is 0 Å². The Morgan fingerprint density at radius 2 is 1.78 bits per heavy atom. The predicted molar refractivity (Wildman–Crippen MR) is 114 cm³/mol. The number of thiazole rings is 1. The Morgan fingerprint density at radius 1 is 0.963 bits per heavy atom. The third kappa shape index (κ3) is 3.02. The third-order valence-electron chi connectivity index (χ3n) is 5.07. The Hall–Kier alpha value is -2.98. The van der Waals surface area contributed by atoms with Crippen LogP contribution < -0.4 is 5.01 Å². The van der Waals surface area contributed by atoms with E-state index in [4.69, 9.17) is 5.10 Å². The highest BCUT2D eigenvalue weighted by Gasteiger charge is 2.31. The highest BCUT2D eigenvalue weighted by molar-refractivity contribution is 7.13. The molecule has 0 N–H and O–H groups in total. The molecule has 0 saturated carbocycles. The maximum absolute atomic E-state index is 4.97. The lowest BCUT2D eigenvalue weighted by atomic mass is 9.96. The first-order valence-electron chi connectivity index (χ1n) is 9.10. The van der Waals surface area contributed by atoms with Crippen molar-refractivity contribution in [2.75, 3.05) is 5.01 Å². The lowest BCUT2D eigenvalue weighted by Gasteiger charge is -2.21. The number of hydrazone groups is 1. The fourth-order valence-corrected chi connectivity index (χ4v) is 4.25. The van der Waals surface area contributed by atoms with E-state index in [1.54, 1.807) is 11.3 Å². The molecule has 4 heteroatoms. The van der Waals surface area contributed by atoms with Gasteiger partial charge >= 0.3 is 0 Å². The minimum Gasteiger partial charge on any atom is -0.231 e. The fourth-order valence-electron chi connectivity index (χ4n) is 3.61. The Kier molecular flexibility index (Phi) is 3.98. The molecule has 1 aromatic heterocycles. The van der Waals surface area contributed by atoms with Gasteiger partial charge in [0.05, 0.1) is 11.8 Å². The number of hydrogen-bond donors (Lipinski definition) is 0. The molecule has 1 unspecified atom stereocenters. The van der Waals surface area contributed by atoms with Crippen molar-refractivity contribution in [1.29, 1.82) is 0 Å². The first-order valence-corrected chi connectivity index (χ1v) is 9.98. The molecule has 27 heavy (non-hydrogen) atoms. The summed E-state index contributed by atoms with van der Waals surface area (Å²) in [5.41, 5.74) is 4.84. The van der Waals surface area contributed by atoms with Gasteiger partial charge in [-0.05, 0) is 34.9 Å². The van der Waals surface area contributed by atoms with E-state index in [0.29, 0.717) is 0 Å². The quantitative estimate of drug-likeness (QED) is 0.446. The SMILES string of the molecule is Cc1ccc(C2=NN(c3nccs3)C(c3ccc4ccccc4c3)C2)cc1. The molecule has 1 aliphatic rings. The summed E-state index contributed by atoms with van der Waals surface area (Å²) >= 11 is 1.63. The van der Waals surface area contributed by atoms with Gasteiger partial charge in [0, 0.05) is 18.0 Å². The topological polar surface area (TPSA) is 28.5 Å². The second-order valence-corrected chi connectivity index (χ2v) is 7.77. The number of anilines is 1. The molecule has 3 nitrogen and oxygen atoms in total. The monoisotopic (exact) mass is 369 g/mol. The zero-order valence-electron chi connectivity index (χ0n) is 15.0. The number of aromatic nitrogens is 1. The summed E-state index contributed by atoms with van der Waals surface area (Å²) in [4.78, 5) is 4.52. The van der Waals surface area contributed by atoms with Crippen molar-refractivity contribution in [2.24, 2.45) is 5.10 Å². The van der Waals surface area contributed by atoms with Crippen LogP contribution in [0.3, 0.4) is 0 Å². The van der Waals surface area contributed by atoms with Crippen molar-refractivity contribution >= 4 is 33.0 Å². The van der Waals surface area contributed by atoms with Gasteiger partial charge in [0.2, 0.25) is 5.13 Å².